The van der Waals surface area contributed by atoms with Crippen LogP contribution in [0.5, 0.6) is 0 Å². The highest BCUT2D eigenvalue weighted by molar-refractivity contribution is 4.84. The minimum Gasteiger partial charge on any atom is -0.103 e. The van der Waals surface area contributed by atoms with Crippen LogP contribution in [-0.4, -0.2) is 0 Å². The Morgan fingerprint density at radius 2 is 1.40 bits per heavy atom. The van der Waals surface area contributed by atoms with Crippen LogP contribution >= 0.6 is 0 Å². The van der Waals surface area contributed by atoms with Gasteiger partial charge in [0.1, 0.15) is 0 Å². The molecule has 0 nitrogen and oxygen atoms in total. The number of allylic oxidation sites excluding steroid dienone is 1. The van der Waals surface area contributed by atoms with E-state index in [1.54, 1.807) is 6.42 Å². The largest absolute Gasteiger partial charge is 0.103 e. The maximum atomic E-state index is 3.93. The van der Waals surface area contributed by atoms with Gasteiger partial charge in [0.2, 0.25) is 0 Å². The molecule has 0 amide bonds. The molecule has 0 unspecified atom stereocenters. The number of rotatable bonds is 3. The van der Waals surface area contributed by atoms with Gasteiger partial charge in [0.25, 0.3) is 0 Å². The Bertz CT molecular complexity index is 180. The molecule has 0 atom stereocenters. The van der Waals surface area contributed by atoms with Crippen molar-refractivity contribution in [1.29, 1.82) is 0 Å². The fourth-order valence-electron chi connectivity index (χ4n) is 3.55. The summed E-state index contributed by atoms with van der Waals surface area (Å²) in [5.41, 5.74) is 0. The molecular formula is C15H26. The lowest BCUT2D eigenvalue weighted by Crippen LogP contribution is -2.17. The van der Waals surface area contributed by atoms with Gasteiger partial charge in [-0.25, -0.2) is 0 Å². The summed E-state index contributed by atoms with van der Waals surface area (Å²) in [6.45, 7) is 3.93. The Hall–Kier alpha value is -0.260. The quantitative estimate of drug-likeness (QED) is 0.573. The van der Waals surface area contributed by atoms with Gasteiger partial charge in [0.05, 0.1) is 0 Å². The Balaban J connectivity index is 1.69. The predicted molar refractivity (Wildman–Crippen MR) is 66.8 cm³/mol. The summed E-state index contributed by atoms with van der Waals surface area (Å²) in [7, 11) is 0. The second-order valence-corrected chi connectivity index (χ2v) is 5.76. The highest BCUT2D eigenvalue weighted by Crippen LogP contribution is 2.37. The molecule has 0 bridgehead atoms. The van der Waals surface area contributed by atoms with E-state index < -0.39 is 0 Å². The van der Waals surface area contributed by atoms with Gasteiger partial charge in [0, 0.05) is 0 Å². The first-order valence-electron chi connectivity index (χ1n) is 7.01. The lowest BCUT2D eigenvalue weighted by atomic mass is 9.75. The highest BCUT2D eigenvalue weighted by Gasteiger charge is 2.23. The molecule has 2 aliphatic rings. The first-order valence-corrected chi connectivity index (χ1v) is 7.01. The third-order valence-electron chi connectivity index (χ3n) is 4.62. The first kappa shape index (κ1) is 11.2. The van der Waals surface area contributed by atoms with Gasteiger partial charge in [0.15, 0.2) is 0 Å². The summed E-state index contributed by atoms with van der Waals surface area (Å²) in [6, 6.07) is 0. The molecule has 0 saturated heterocycles. The van der Waals surface area contributed by atoms with Gasteiger partial charge >= 0.3 is 0 Å². The summed E-state index contributed by atoms with van der Waals surface area (Å²) in [6.07, 6.45) is 17.1. The molecule has 15 heavy (non-hydrogen) atoms. The summed E-state index contributed by atoms with van der Waals surface area (Å²) in [4.78, 5) is 0. The van der Waals surface area contributed by atoms with Crippen LogP contribution in [0.1, 0.15) is 64.2 Å². The van der Waals surface area contributed by atoms with E-state index in [-0.39, 0.29) is 0 Å². The lowest BCUT2D eigenvalue weighted by Gasteiger charge is -2.31. The van der Waals surface area contributed by atoms with Crippen LogP contribution in [0.2, 0.25) is 0 Å². The van der Waals surface area contributed by atoms with Crippen LogP contribution in [0.3, 0.4) is 0 Å². The summed E-state index contributed by atoms with van der Waals surface area (Å²) < 4.78 is 0. The molecule has 0 aliphatic heterocycles. The van der Waals surface area contributed by atoms with E-state index in [1.165, 1.54) is 57.8 Å². The Kier molecular flexibility index (Phi) is 4.29. The van der Waals surface area contributed by atoms with E-state index in [1.807, 2.05) is 0 Å². The standard InChI is InChI=1S/C15H26/c1-2-13-8-10-15(11-9-13)12-14-6-4-3-5-7-14/h2,13-15H,1,3-12H2. The molecule has 2 saturated carbocycles. The topological polar surface area (TPSA) is 0 Å². The fraction of sp³-hybridized carbons (Fsp3) is 0.867. The van der Waals surface area contributed by atoms with Crippen LogP contribution < -0.4 is 0 Å². The van der Waals surface area contributed by atoms with Crippen molar-refractivity contribution in [3.8, 4) is 0 Å². The first-order chi connectivity index (χ1) is 7.38. The zero-order chi connectivity index (χ0) is 10.5. The van der Waals surface area contributed by atoms with Crippen LogP contribution in [0.15, 0.2) is 12.7 Å². The molecule has 2 aliphatic carbocycles. The van der Waals surface area contributed by atoms with Crippen molar-refractivity contribution in [3.05, 3.63) is 12.7 Å². The van der Waals surface area contributed by atoms with E-state index in [4.69, 9.17) is 0 Å². The van der Waals surface area contributed by atoms with Crippen molar-refractivity contribution in [2.75, 3.05) is 0 Å². The molecule has 0 spiro atoms. The molecule has 2 rings (SSSR count). The Morgan fingerprint density at radius 3 is 2.00 bits per heavy atom. The fourth-order valence-corrected chi connectivity index (χ4v) is 3.55. The van der Waals surface area contributed by atoms with E-state index >= 15 is 0 Å². The SMILES string of the molecule is C=CC1CCC(CC2CCCCC2)CC1. The van der Waals surface area contributed by atoms with Crippen LogP contribution in [0.4, 0.5) is 0 Å². The molecule has 2 fully saturated rings. The molecular weight excluding hydrogens is 180 g/mol. The monoisotopic (exact) mass is 206 g/mol. The highest BCUT2D eigenvalue weighted by atomic mass is 14.3. The molecule has 0 N–H and O–H groups in total. The average Bonchev–Trinajstić information content (AvgIpc) is 2.31. The molecule has 0 heteroatoms. The van der Waals surface area contributed by atoms with Crippen molar-refractivity contribution in [3.63, 3.8) is 0 Å². The zero-order valence-corrected chi connectivity index (χ0v) is 10.1. The zero-order valence-electron chi connectivity index (χ0n) is 10.1. The van der Waals surface area contributed by atoms with Gasteiger partial charge < -0.3 is 0 Å². The van der Waals surface area contributed by atoms with E-state index in [0.29, 0.717) is 0 Å². The summed E-state index contributed by atoms with van der Waals surface area (Å²) in [5.74, 6) is 2.99. The lowest BCUT2D eigenvalue weighted by molar-refractivity contribution is 0.227. The van der Waals surface area contributed by atoms with Crippen LogP contribution in [0.25, 0.3) is 0 Å². The third-order valence-corrected chi connectivity index (χ3v) is 4.62. The molecule has 0 heterocycles. The molecule has 0 aromatic rings. The van der Waals surface area contributed by atoms with E-state index in [9.17, 15) is 0 Å². The maximum Gasteiger partial charge on any atom is -0.0236 e. The van der Waals surface area contributed by atoms with Gasteiger partial charge in [-0.2, -0.15) is 0 Å². The van der Waals surface area contributed by atoms with Crippen molar-refractivity contribution in [2.24, 2.45) is 17.8 Å². The van der Waals surface area contributed by atoms with Gasteiger partial charge in [-0.3, -0.25) is 0 Å². The van der Waals surface area contributed by atoms with Crippen molar-refractivity contribution in [2.45, 2.75) is 64.2 Å². The minimum atomic E-state index is 0.840. The van der Waals surface area contributed by atoms with Gasteiger partial charge in [-0.15, -0.1) is 6.58 Å². The Morgan fingerprint density at radius 1 is 0.800 bits per heavy atom. The molecule has 0 aromatic heterocycles. The average molecular weight is 206 g/mol. The second kappa shape index (κ2) is 5.72. The van der Waals surface area contributed by atoms with Crippen molar-refractivity contribution >= 4 is 0 Å². The number of hydrogen-bond donors (Lipinski definition) is 0. The second-order valence-electron chi connectivity index (χ2n) is 5.76. The van der Waals surface area contributed by atoms with Gasteiger partial charge in [-0.05, 0) is 49.9 Å². The van der Waals surface area contributed by atoms with Crippen LogP contribution in [0, 0.1) is 17.8 Å². The smallest absolute Gasteiger partial charge is 0.0236 e. The minimum absolute atomic E-state index is 0.840. The van der Waals surface area contributed by atoms with Crippen molar-refractivity contribution in [1.82, 2.24) is 0 Å². The predicted octanol–water partition coefficient (Wildman–Crippen LogP) is 4.95. The Labute approximate surface area is 95.1 Å². The summed E-state index contributed by atoms with van der Waals surface area (Å²) in [5, 5.41) is 0. The normalized spacial score (nSPS) is 33.9. The maximum absolute atomic E-state index is 3.93. The third kappa shape index (κ3) is 3.36. The molecule has 0 radical (unpaired) electrons. The molecule has 86 valence electrons. The van der Waals surface area contributed by atoms with Crippen LogP contribution in [-0.2, 0) is 0 Å². The summed E-state index contributed by atoms with van der Waals surface area (Å²) >= 11 is 0. The molecule has 0 aromatic carbocycles. The van der Waals surface area contributed by atoms with E-state index in [2.05, 4.69) is 12.7 Å². The number of hydrogen-bond acceptors (Lipinski definition) is 0. The van der Waals surface area contributed by atoms with Gasteiger partial charge in [-0.1, -0.05) is 38.2 Å². The van der Waals surface area contributed by atoms with Crippen molar-refractivity contribution < 1.29 is 0 Å². The van der Waals surface area contributed by atoms with E-state index in [0.717, 1.165) is 17.8 Å².